The lowest BCUT2D eigenvalue weighted by molar-refractivity contribution is -0.117. The fourth-order valence-electron chi connectivity index (χ4n) is 3.14. The Morgan fingerprint density at radius 2 is 1.83 bits per heavy atom. The number of hydrogen-bond acceptors (Lipinski definition) is 5. The van der Waals surface area contributed by atoms with Crippen LogP contribution in [0.15, 0.2) is 48.5 Å². The first-order chi connectivity index (χ1) is 14.0. The van der Waals surface area contributed by atoms with Crippen LogP contribution in [-0.4, -0.2) is 53.3 Å². The first-order valence-electron chi connectivity index (χ1n) is 9.72. The van der Waals surface area contributed by atoms with Crippen LogP contribution in [-0.2, 0) is 11.3 Å². The van der Waals surface area contributed by atoms with E-state index in [0.717, 1.165) is 15.2 Å². The molecule has 2 amide bonds. The molecule has 0 fully saturated rings. The number of benzene rings is 2. The van der Waals surface area contributed by atoms with Crippen molar-refractivity contribution in [3.8, 4) is 0 Å². The first kappa shape index (κ1) is 21.0. The number of fused-ring (bicyclic) bond motifs is 1. The standard InChI is InChI=1S/C22H26N4O2S/c1-4-26(5-2)22(28)16-9-8-10-17(13-16)23-20(27)14-25(3)15-21-24-18-11-6-7-12-19(18)29-21/h6-13H,4-5,14-15H2,1-3H3,(H,23,27). The zero-order valence-corrected chi connectivity index (χ0v) is 17.8. The van der Waals surface area contributed by atoms with Gasteiger partial charge in [-0.15, -0.1) is 11.3 Å². The Bertz CT molecular complexity index is 964. The van der Waals surface area contributed by atoms with Crippen LogP contribution in [0.5, 0.6) is 0 Å². The molecular weight excluding hydrogens is 384 g/mol. The number of anilines is 1. The number of hydrogen-bond donors (Lipinski definition) is 1. The summed E-state index contributed by atoms with van der Waals surface area (Å²) >= 11 is 1.64. The summed E-state index contributed by atoms with van der Waals surface area (Å²) in [6.07, 6.45) is 0. The molecule has 2 aromatic carbocycles. The molecule has 3 rings (SSSR count). The van der Waals surface area contributed by atoms with Crippen molar-refractivity contribution < 1.29 is 9.59 Å². The van der Waals surface area contributed by atoms with Gasteiger partial charge in [0.25, 0.3) is 5.91 Å². The van der Waals surface area contributed by atoms with Gasteiger partial charge in [0.2, 0.25) is 5.91 Å². The average Bonchev–Trinajstić information content (AvgIpc) is 3.10. The minimum Gasteiger partial charge on any atom is -0.339 e. The summed E-state index contributed by atoms with van der Waals surface area (Å²) in [5.41, 5.74) is 2.19. The third-order valence-corrected chi connectivity index (χ3v) is 5.62. The van der Waals surface area contributed by atoms with Crippen LogP contribution in [0, 0.1) is 0 Å². The van der Waals surface area contributed by atoms with E-state index in [1.165, 1.54) is 0 Å². The molecule has 7 heteroatoms. The normalized spacial score (nSPS) is 11.0. The van der Waals surface area contributed by atoms with Gasteiger partial charge >= 0.3 is 0 Å². The molecule has 0 aliphatic rings. The van der Waals surface area contributed by atoms with Crippen LogP contribution in [0.4, 0.5) is 5.69 Å². The van der Waals surface area contributed by atoms with Crippen molar-refractivity contribution in [3.63, 3.8) is 0 Å². The van der Waals surface area contributed by atoms with E-state index < -0.39 is 0 Å². The number of rotatable bonds is 8. The maximum atomic E-state index is 12.5. The third-order valence-electron chi connectivity index (χ3n) is 4.60. The Morgan fingerprint density at radius 3 is 2.55 bits per heavy atom. The van der Waals surface area contributed by atoms with Gasteiger partial charge in [-0.2, -0.15) is 0 Å². The summed E-state index contributed by atoms with van der Waals surface area (Å²) in [5, 5.41) is 3.87. The minimum atomic E-state index is -0.124. The number of thiazole rings is 1. The van der Waals surface area contributed by atoms with Gasteiger partial charge in [0.1, 0.15) is 5.01 Å². The van der Waals surface area contributed by atoms with Gasteiger partial charge < -0.3 is 10.2 Å². The second kappa shape index (κ2) is 9.62. The van der Waals surface area contributed by atoms with E-state index in [4.69, 9.17) is 0 Å². The molecule has 0 aliphatic carbocycles. The second-order valence-electron chi connectivity index (χ2n) is 6.85. The predicted molar refractivity (Wildman–Crippen MR) is 118 cm³/mol. The number of nitrogens with one attached hydrogen (secondary N) is 1. The van der Waals surface area contributed by atoms with Gasteiger partial charge in [-0.1, -0.05) is 18.2 Å². The Labute approximate surface area is 175 Å². The zero-order chi connectivity index (χ0) is 20.8. The van der Waals surface area contributed by atoms with E-state index in [1.807, 2.05) is 44.0 Å². The van der Waals surface area contributed by atoms with Gasteiger partial charge in [0, 0.05) is 24.3 Å². The number of aromatic nitrogens is 1. The molecule has 0 spiro atoms. The van der Waals surface area contributed by atoms with E-state index in [1.54, 1.807) is 40.5 Å². The zero-order valence-electron chi connectivity index (χ0n) is 17.0. The molecule has 152 valence electrons. The lowest BCUT2D eigenvalue weighted by Crippen LogP contribution is -2.31. The summed E-state index contributed by atoms with van der Waals surface area (Å²) in [6.45, 7) is 6.06. The number of likely N-dealkylation sites (N-methyl/N-ethyl adjacent to an activating group) is 1. The summed E-state index contributed by atoms with van der Waals surface area (Å²) in [4.78, 5) is 33.2. The van der Waals surface area contributed by atoms with Gasteiger partial charge in [0.05, 0.1) is 23.3 Å². The Hall–Kier alpha value is -2.77. The number of amides is 2. The highest BCUT2D eigenvalue weighted by Crippen LogP contribution is 2.22. The summed E-state index contributed by atoms with van der Waals surface area (Å²) < 4.78 is 1.15. The number of carbonyl (C=O) groups is 2. The molecule has 0 atom stereocenters. The fraction of sp³-hybridized carbons (Fsp3) is 0.318. The molecule has 0 unspecified atom stereocenters. The smallest absolute Gasteiger partial charge is 0.253 e. The molecule has 0 aliphatic heterocycles. The van der Waals surface area contributed by atoms with Crippen molar-refractivity contribution in [1.82, 2.24) is 14.8 Å². The Morgan fingerprint density at radius 1 is 1.07 bits per heavy atom. The van der Waals surface area contributed by atoms with Gasteiger partial charge in [-0.25, -0.2) is 4.98 Å². The minimum absolute atomic E-state index is 0.0287. The fourth-order valence-corrected chi connectivity index (χ4v) is 4.19. The molecule has 6 nitrogen and oxygen atoms in total. The largest absolute Gasteiger partial charge is 0.339 e. The number of carbonyl (C=O) groups excluding carboxylic acids is 2. The van der Waals surface area contributed by atoms with Crippen molar-refractivity contribution in [1.29, 1.82) is 0 Å². The van der Waals surface area contributed by atoms with Crippen LogP contribution in [0.2, 0.25) is 0 Å². The van der Waals surface area contributed by atoms with E-state index in [-0.39, 0.29) is 18.4 Å². The van der Waals surface area contributed by atoms with Crippen LogP contribution < -0.4 is 5.32 Å². The molecule has 3 aromatic rings. The average molecular weight is 411 g/mol. The summed E-state index contributed by atoms with van der Waals surface area (Å²) in [5.74, 6) is -0.153. The van der Waals surface area contributed by atoms with Crippen molar-refractivity contribution >= 4 is 39.1 Å². The molecule has 1 heterocycles. The maximum absolute atomic E-state index is 12.5. The summed E-state index contributed by atoms with van der Waals surface area (Å²) in [6, 6.07) is 15.1. The Balaban J connectivity index is 1.58. The monoisotopic (exact) mass is 410 g/mol. The SMILES string of the molecule is CCN(CC)C(=O)c1cccc(NC(=O)CN(C)Cc2nc3ccccc3s2)c1. The van der Waals surface area contributed by atoms with Crippen LogP contribution >= 0.6 is 11.3 Å². The van der Waals surface area contributed by atoms with Gasteiger partial charge in [-0.05, 0) is 51.2 Å². The van der Waals surface area contributed by atoms with Gasteiger partial charge in [-0.3, -0.25) is 14.5 Å². The number of nitrogens with zero attached hydrogens (tertiary/aromatic N) is 3. The quantitative estimate of drug-likeness (QED) is 0.613. The van der Waals surface area contributed by atoms with Crippen molar-refractivity contribution in [2.24, 2.45) is 0 Å². The first-order valence-corrected chi connectivity index (χ1v) is 10.5. The van der Waals surface area contributed by atoms with E-state index in [0.29, 0.717) is 30.9 Å². The van der Waals surface area contributed by atoms with Crippen LogP contribution in [0.25, 0.3) is 10.2 Å². The Kier molecular flexibility index (Phi) is 6.95. The molecule has 29 heavy (non-hydrogen) atoms. The predicted octanol–water partition coefficient (Wildman–Crippen LogP) is 3.85. The molecule has 0 bridgehead atoms. The van der Waals surface area contributed by atoms with Crippen molar-refractivity contribution in [2.45, 2.75) is 20.4 Å². The van der Waals surface area contributed by atoms with Gasteiger partial charge in [0.15, 0.2) is 0 Å². The molecule has 0 radical (unpaired) electrons. The third kappa shape index (κ3) is 5.40. The molecule has 1 N–H and O–H groups in total. The van der Waals surface area contributed by atoms with E-state index in [2.05, 4.69) is 16.4 Å². The van der Waals surface area contributed by atoms with E-state index >= 15 is 0 Å². The number of para-hydroxylation sites is 1. The highest BCUT2D eigenvalue weighted by molar-refractivity contribution is 7.18. The van der Waals surface area contributed by atoms with Crippen molar-refractivity contribution in [3.05, 3.63) is 59.1 Å². The highest BCUT2D eigenvalue weighted by Gasteiger charge is 2.14. The second-order valence-corrected chi connectivity index (χ2v) is 7.97. The molecule has 1 aromatic heterocycles. The van der Waals surface area contributed by atoms with Crippen LogP contribution in [0.3, 0.4) is 0 Å². The van der Waals surface area contributed by atoms with Crippen molar-refractivity contribution in [2.75, 3.05) is 32.0 Å². The molecule has 0 saturated heterocycles. The molecular formula is C22H26N4O2S. The topological polar surface area (TPSA) is 65.5 Å². The highest BCUT2D eigenvalue weighted by atomic mass is 32.1. The lowest BCUT2D eigenvalue weighted by Gasteiger charge is -2.19. The lowest BCUT2D eigenvalue weighted by atomic mass is 10.1. The molecule has 0 saturated carbocycles. The van der Waals surface area contributed by atoms with E-state index in [9.17, 15) is 9.59 Å². The van der Waals surface area contributed by atoms with Crippen LogP contribution in [0.1, 0.15) is 29.2 Å². The maximum Gasteiger partial charge on any atom is 0.253 e. The summed E-state index contributed by atoms with van der Waals surface area (Å²) in [7, 11) is 1.89.